The van der Waals surface area contributed by atoms with Crippen molar-refractivity contribution in [2.75, 3.05) is 12.8 Å². The normalized spacial score (nSPS) is 9.64. The maximum atomic E-state index is 12.6. The number of phenolic OH excluding ortho intramolecular Hbond substituents is 1. The van der Waals surface area contributed by atoms with E-state index in [9.17, 15) is 4.39 Å². The van der Waals surface area contributed by atoms with Gasteiger partial charge in [-0.25, -0.2) is 4.39 Å². The Balaban J connectivity index is 3.21. The lowest BCUT2D eigenvalue weighted by Gasteiger charge is -2.03. The molecule has 3 nitrogen and oxygen atoms in total. The predicted octanol–water partition coefficient (Wildman–Crippen LogP) is 1.12. The van der Waals surface area contributed by atoms with Crippen molar-refractivity contribution in [3.63, 3.8) is 0 Å². The van der Waals surface area contributed by atoms with E-state index in [0.717, 1.165) is 6.07 Å². The molecule has 0 saturated carbocycles. The highest BCUT2D eigenvalue weighted by molar-refractivity contribution is 5.52. The zero-order valence-corrected chi connectivity index (χ0v) is 5.97. The van der Waals surface area contributed by atoms with Crippen molar-refractivity contribution in [1.82, 2.24) is 0 Å². The van der Waals surface area contributed by atoms with Gasteiger partial charge < -0.3 is 15.6 Å². The van der Waals surface area contributed by atoms with Crippen LogP contribution in [-0.2, 0) is 0 Å². The Kier molecular flexibility index (Phi) is 1.85. The second-order valence-corrected chi connectivity index (χ2v) is 2.05. The molecule has 3 N–H and O–H groups in total. The van der Waals surface area contributed by atoms with Crippen LogP contribution in [-0.4, -0.2) is 12.2 Å². The Labute approximate surface area is 63.2 Å². The Hall–Kier alpha value is -1.45. The van der Waals surface area contributed by atoms with Gasteiger partial charge in [-0.15, -0.1) is 0 Å². The molecule has 1 aromatic carbocycles. The number of anilines is 1. The molecule has 11 heavy (non-hydrogen) atoms. The van der Waals surface area contributed by atoms with E-state index in [0.29, 0.717) is 0 Å². The largest absolute Gasteiger partial charge is 0.504 e. The molecule has 0 heterocycles. The third kappa shape index (κ3) is 1.34. The maximum absolute atomic E-state index is 12.6. The number of rotatable bonds is 1. The van der Waals surface area contributed by atoms with Crippen molar-refractivity contribution >= 4 is 5.69 Å². The zero-order valence-electron chi connectivity index (χ0n) is 5.97. The van der Waals surface area contributed by atoms with Gasteiger partial charge in [0.2, 0.25) is 0 Å². The fourth-order valence-electron chi connectivity index (χ4n) is 0.722. The summed E-state index contributed by atoms with van der Waals surface area (Å²) in [5.41, 5.74) is 5.16. The number of hydrogen-bond donors (Lipinski definition) is 2. The summed E-state index contributed by atoms with van der Waals surface area (Å²) in [6, 6.07) is 2.14. The summed E-state index contributed by atoms with van der Waals surface area (Å²) >= 11 is 0. The van der Waals surface area contributed by atoms with E-state index in [1.165, 1.54) is 13.2 Å². The Morgan fingerprint density at radius 2 is 2.18 bits per heavy atom. The van der Waals surface area contributed by atoms with Crippen LogP contribution in [0.5, 0.6) is 11.5 Å². The minimum atomic E-state index is -0.650. The molecule has 1 rings (SSSR count). The van der Waals surface area contributed by atoms with Crippen molar-refractivity contribution in [3.8, 4) is 11.5 Å². The smallest absolute Gasteiger partial charge is 0.162 e. The molecule has 0 saturated heterocycles. The molecule has 0 aliphatic rings. The average Bonchev–Trinajstić information content (AvgIpc) is 1.97. The van der Waals surface area contributed by atoms with Gasteiger partial charge in [-0.1, -0.05) is 0 Å². The third-order valence-corrected chi connectivity index (χ3v) is 1.30. The van der Waals surface area contributed by atoms with E-state index < -0.39 is 5.82 Å². The molecule has 1 aromatic rings. The van der Waals surface area contributed by atoms with Crippen LogP contribution in [0.1, 0.15) is 0 Å². The highest BCUT2D eigenvalue weighted by Gasteiger charge is 2.05. The third-order valence-electron chi connectivity index (χ3n) is 1.30. The average molecular weight is 157 g/mol. The number of nitrogen functional groups attached to an aromatic ring is 1. The minimum Gasteiger partial charge on any atom is -0.504 e. The molecule has 0 amide bonds. The van der Waals surface area contributed by atoms with Crippen LogP contribution in [0.3, 0.4) is 0 Å². The van der Waals surface area contributed by atoms with Crippen LogP contribution in [0.4, 0.5) is 10.1 Å². The number of methoxy groups -OCH3 is 1. The van der Waals surface area contributed by atoms with E-state index >= 15 is 0 Å². The Morgan fingerprint density at radius 3 is 2.73 bits per heavy atom. The highest BCUT2D eigenvalue weighted by Crippen LogP contribution is 2.29. The summed E-state index contributed by atoms with van der Waals surface area (Å²) < 4.78 is 17.2. The quantitative estimate of drug-likeness (QED) is 0.474. The molecule has 0 spiro atoms. The maximum Gasteiger partial charge on any atom is 0.162 e. The van der Waals surface area contributed by atoms with Crippen molar-refractivity contribution in [1.29, 1.82) is 0 Å². The van der Waals surface area contributed by atoms with Gasteiger partial charge in [-0.05, 0) is 0 Å². The van der Waals surface area contributed by atoms with Gasteiger partial charge in [-0.3, -0.25) is 0 Å². The second kappa shape index (κ2) is 2.65. The number of benzene rings is 1. The molecule has 0 aromatic heterocycles. The van der Waals surface area contributed by atoms with Gasteiger partial charge in [-0.2, -0.15) is 0 Å². The first kappa shape index (κ1) is 7.65. The fraction of sp³-hybridized carbons (Fsp3) is 0.143. The predicted molar refractivity (Wildman–Crippen MR) is 39.0 cm³/mol. The van der Waals surface area contributed by atoms with Crippen molar-refractivity contribution in [2.24, 2.45) is 0 Å². The lowest BCUT2D eigenvalue weighted by Crippen LogP contribution is -1.92. The standard InChI is InChI=1S/C7H8FNO2/c1-11-7-3-5(9)4(8)2-6(7)10/h2-3,10H,9H2,1H3. The molecule has 0 bridgehead atoms. The lowest BCUT2D eigenvalue weighted by atomic mass is 10.3. The first-order chi connectivity index (χ1) is 5.15. The van der Waals surface area contributed by atoms with Gasteiger partial charge in [0.1, 0.15) is 5.82 Å². The molecule has 0 unspecified atom stereocenters. The van der Waals surface area contributed by atoms with Crippen LogP contribution < -0.4 is 10.5 Å². The lowest BCUT2D eigenvalue weighted by molar-refractivity contribution is 0.371. The van der Waals surface area contributed by atoms with E-state index in [4.69, 9.17) is 10.8 Å². The molecule has 4 heteroatoms. The van der Waals surface area contributed by atoms with Crippen molar-refractivity contribution in [3.05, 3.63) is 17.9 Å². The molecule has 0 radical (unpaired) electrons. The van der Waals surface area contributed by atoms with Crippen LogP contribution in [0.25, 0.3) is 0 Å². The van der Waals surface area contributed by atoms with Gasteiger partial charge in [0.15, 0.2) is 11.5 Å². The van der Waals surface area contributed by atoms with Crippen LogP contribution in [0.15, 0.2) is 12.1 Å². The number of hydrogen-bond acceptors (Lipinski definition) is 3. The highest BCUT2D eigenvalue weighted by atomic mass is 19.1. The molecule has 0 aliphatic carbocycles. The van der Waals surface area contributed by atoms with Crippen LogP contribution >= 0.6 is 0 Å². The Bertz CT molecular complexity index is 275. The minimum absolute atomic E-state index is 0.0420. The molecular weight excluding hydrogens is 149 g/mol. The van der Waals surface area contributed by atoms with Crippen LogP contribution in [0, 0.1) is 5.82 Å². The summed E-state index contributed by atoms with van der Waals surface area (Å²) in [6.45, 7) is 0. The monoisotopic (exact) mass is 157 g/mol. The number of aromatic hydroxyl groups is 1. The van der Waals surface area contributed by atoms with Gasteiger partial charge in [0, 0.05) is 12.1 Å². The molecule has 60 valence electrons. The van der Waals surface area contributed by atoms with E-state index in [1.807, 2.05) is 0 Å². The number of phenols is 1. The summed E-state index contributed by atoms with van der Waals surface area (Å²) in [5.74, 6) is -0.730. The van der Waals surface area contributed by atoms with Gasteiger partial charge in [0.25, 0.3) is 0 Å². The first-order valence-corrected chi connectivity index (χ1v) is 2.97. The second-order valence-electron chi connectivity index (χ2n) is 2.05. The number of halogens is 1. The van der Waals surface area contributed by atoms with E-state index in [1.54, 1.807) is 0 Å². The van der Waals surface area contributed by atoms with Crippen molar-refractivity contribution < 1.29 is 14.2 Å². The van der Waals surface area contributed by atoms with Crippen LogP contribution in [0.2, 0.25) is 0 Å². The van der Waals surface area contributed by atoms with E-state index in [-0.39, 0.29) is 17.2 Å². The molecule has 0 aliphatic heterocycles. The number of nitrogens with two attached hydrogens (primary N) is 1. The van der Waals surface area contributed by atoms with Crippen molar-refractivity contribution in [2.45, 2.75) is 0 Å². The summed E-state index contributed by atoms with van der Waals surface area (Å²) in [7, 11) is 1.37. The zero-order chi connectivity index (χ0) is 8.43. The SMILES string of the molecule is COc1cc(N)c(F)cc1O. The van der Waals surface area contributed by atoms with Gasteiger partial charge >= 0.3 is 0 Å². The molecule has 0 atom stereocenters. The first-order valence-electron chi connectivity index (χ1n) is 2.97. The number of ether oxygens (including phenoxy) is 1. The summed E-state index contributed by atoms with van der Waals surface area (Å²) in [4.78, 5) is 0. The topological polar surface area (TPSA) is 55.5 Å². The van der Waals surface area contributed by atoms with E-state index in [2.05, 4.69) is 4.74 Å². The fourth-order valence-corrected chi connectivity index (χ4v) is 0.722. The molecule has 0 fully saturated rings. The van der Waals surface area contributed by atoms with Gasteiger partial charge in [0.05, 0.1) is 12.8 Å². The molecular formula is C7H8FNO2. The summed E-state index contributed by atoms with van der Waals surface area (Å²) in [6.07, 6.45) is 0. The summed E-state index contributed by atoms with van der Waals surface area (Å²) in [5, 5.41) is 9.00. The Morgan fingerprint density at radius 1 is 1.55 bits per heavy atom.